The van der Waals surface area contributed by atoms with Gasteiger partial charge in [-0.25, -0.2) is 40.7 Å². The van der Waals surface area contributed by atoms with E-state index in [1.807, 2.05) is 0 Å². The summed E-state index contributed by atoms with van der Waals surface area (Å²) in [6.45, 7) is -0.0899. The van der Waals surface area contributed by atoms with Gasteiger partial charge in [-0.2, -0.15) is 0 Å². The number of hydrogen-bond acceptors (Lipinski definition) is 8. The molecular weight excluding hydrogens is 452 g/mol. The van der Waals surface area contributed by atoms with Crippen LogP contribution in [0.5, 0.6) is 0 Å². The van der Waals surface area contributed by atoms with Gasteiger partial charge in [-0.3, -0.25) is 0 Å². The molecule has 0 radical (unpaired) electrons. The number of hydrogen-bond donors (Lipinski definition) is 3. The van der Waals surface area contributed by atoms with Crippen LogP contribution in [0.25, 0.3) is 0 Å². The zero-order valence-corrected chi connectivity index (χ0v) is 17.6. The fourth-order valence-electron chi connectivity index (χ4n) is 2.66. The molecule has 4 N–H and O–H groups in total. The van der Waals surface area contributed by atoms with Crippen molar-refractivity contribution in [3.05, 3.63) is 66.0 Å². The van der Waals surface area contributed by atoms with Crippen LogP contribution < -0.4 is 15.8 Å². The number of aromatic nitrogens is 2. The lowest BCUT2D eigenvalue weighted by atomic mass is 10.2. The van der Waals surface area contributed by atoms with Gasteiger partial charge in [0.25, 0.3) is 0 Å². The van der Waals surface area contributed by atoms with E-state index >= 15 is 0 Å². The summed E-state index contributed by atoms with van der Waals surface area (Å²) in [5, 5.41) is 10.8. The maximum Gasteiger partial charge on any atom is 0.238 e. The lowest BCUT2D eigenvalue weighted by Gasteiger charge is -2.12. The summed E-state index contributed by atoms with van der Waals surface area (Å²) in [4.78, 5) is 7.67. The molecule has 9 nitrogen and oxygen atoms in total. The summed E-state index contributed by atoms with van der Waals surface area (Å²) < 4.78 is 73.7. The number of anilines is 3. The maximum absolute atomic E-state index is 13.4. The minimum atomic E-state index is -4.03. The Balaban J connectivity index is 1.84. The molecule has 0 saturated heterocycles. The average molecular weight is 469 g/mol. The van der Waals surface area contributed by atoms with Crippen molar-refractivity contribution in [2.75, 3.05) is 16.9 Å². The maximum atomic E-state index is 13.4. The van der Waals surface area contributed by atoms with Gasteiger partial charge in [0, 0.05) is 30.6 Å². The zero-order valence-electron chi connectivity index (χ0n) is 16.0. The summed E-state index contributed by atoms with van der Waals surface area (Å²) in [7, 11) is -7.68. The topological polar surface area (TPSA) is 144 Å². The summed E-state index contributed by atoms with van der Waals surface area (Å²) >= 11 is 0. The van der Waals surface area contributed by atoms with Gasteiger partial charge in [-0.15, -0.1) is 0 Å². The summed E-state index contributed by atoms with van der Waals surface area (Å²) in [6, 6.07) is 8.15. The molecule has 0 atom stereocenters. The Hall–Kier alpha value is -3.16. The van der Waals surface area contributed by atoms with Gasteiger partial charge in [-0.1, -0.05) is 0 Å². The third kappa shape index (κ3) is 5.71. The molecule has 2 aromatic carbocycles. The highest BCUT2D eigenvalue weighted by Gasteiger charge is 2.17. The Morgan fingerprint density at radius 3 is 2.29 bits per heavy atom. The first-order chi connectivity index (χ1) is 14.4. The lowest BCUT2D eigenvalue weighted by molar-refractivity contribution is 0.509. The minimum Gasteiger partial charge on any atom is -0.366 e. The Bertz CT molecular complexity index is 1350. The summed E-state index contributed by atoms with van der Waals surface area (Å²) in [5.41, 5.74) is 0.423. The fraction of sp³-hybridized carbons (Fsp3) is 0.111. The second-order valence-electron chi connectivity index (χ2n) is 6.48. The largest absolute Gasteiger partial charge is 0.366 e. The van der Waals surface area contributed by atoms with Gasteiger partial charge in [0.2, 0.25) is 10.0 Å². The molecule has 31 heavy (non-hydrogen) atoms. The SMILES string of the molecule is CS(=O)(=O)c1ccc(S(N)(=O)=O)cc1CNc1cc(Nc2ccc(F)c(F)c2)ncn1. The van der Waals surface area contributed by atoms with E-state index in [0.29, 0.717) is 0 Å². The highest BCUT2D eigenvalue weighted by atomic mass is 32.2. The number of primary sulfonamides is 1. The van der Waals surface area contributed by atoms with Crippen LogP contribution in [0.3, 0.4) is 0 Å². The number of nitrogens with zero attached hydrogens (tertiary/aromatic N) is 2. The van der Waals surface area contributed by atoms with Crippen molar-refractivity contribution >= 4 is 37.2 Å². The second-order valence-corrected chi connectivity index (χ2v) is 10.0. The molecule has 0 bridgehead atoms. The number of sulfone groups is 1. The van der Waals surface area contributed by atoms with E-state index < -0.39 is 31.5 Å². The molecular formula is C18H17F2N5O4S2. The van der Waals surface area contributed by atoms with Crippen molar-refractivity contribution in [1.29, 1.82) is 0 Å². The number of halogens is 2. The van der Waals surface area contributed by atoms with E-state index in [9.17, 15) is 25.6 Å². The number of nitrogens with one attached hydrogen (secondary N) is 2. The van der Waals surface area contributed by atoms with Crippen molar-refractivity contribution in [3.63, 3.8) is 0 Å². The van der Waals surface area contributed by atoms with Crippen LogP contribution in [0.4, 0.5) is 26.1 Å². The number of nitrogens with two attached hydrogens (primary N) is 1. The molecule has 0 aliphatic carbocycles. The average Bonchev–Trinajstić information content (AvgIpc) is 2.68. The van der Waals surface area contributed by atoms with E-state index in [4.69, 9.17) is 5.14 Å². The number of benzene rings is 2. The molecule has 0 unspecified atom stereocenters. The smallest absolute Gasteiger partial charge is 0.238 e. The van der Waals surface area contributed by atoms with Gasteiger partial charge < -0.3 is 10.6 Å². The van der Waals surface area contributed by atoms with Gasteiger partial charge in [0.05, 0.1) is 9.79 Å². The quantitative estimate of drug-likeness (QED) is 0.477. The lowest BCUT2D eigenvalue weighted by Crippen LogP contribution is -2.15. The van der Waals surface area contributed by atoms with E-state index in [0.717, 1.165) is 24.5 Å². The van der Waals surface area contributed by atoms with Crippen LogP contribution in [-0.4, -0.2) is 33.1 Å². The predicted octanol–water partition coefficient (Wildman–Crippen LogP) is 2.16. The third-order valence-electron chi connectivity index (χ3n) is 4.08. The molecule has 0 amide bonds. The van der Waals surface area contributed by atoms with Crippen molar-refractivity contribution in [2.45, 2.75) is 16.3 Å². The molecule has 0 aliphatic heterocycles. The Kier molecular flexibility index (Phi) is 6.20. The standard InChI is InChI=1S/C18H17F2N5O4S2/c1-30(26,27)16-5-3-13(31(21,28)29)6-11(16)9-22-17-8-18(24-10-23-17)25-12-2-4-14(19)15(20)7-12/h2-8,10H,9H2,1H3,(H2,21,28,29)(H2,22,23,24,25). The van der Waals surface area contributed by atoms with E-state index in [1.54, 1.807) is 0 Å². The Labute approximate surface area is 177 Å². The predicted molar refractivity (Wildman–Crippen MR) is 110 cm³/mol. The van der Waals surface area contributed by atoms with Crippen LogP contribution in [0.15, 0.2) is 58.6 Å². The normalized spacial score (nSPS) is 11.9. The number of sulfonamides is 1. The van der Waals surface area contributed by atoms with E-state index in [2.05, 4.69) is 20.6 Å². The Morgan fingerprint density at radius 1 is 0.935 bits per heavy atom. The van der Waals surface area contributed by atoms with E-state index in [1.165, 1.54) is 30.6 Å². The molecule has 1 aromatic heterocycles. The summed E-state index contributed by atoms with van der Waals surface area (Å²) in [6.07, 6.45) is 2.19. The van der Waals surface area contributed by atoms with E-state index in [-0.39, 0.29) is 39.2 Å². The number of rotatable bonds is 7. The first-order valence-electron chi connectivity index (χ1n) is 8.57. The third-order valence-corrected chi connectivity index (χ3v) is 6.19. The monoisotopic (exact) mass is 469 g/mol. The Morgan fingerprint density at radius 2 is 1.65 bits per heavy atom. The van der Waals surface area contributed by atoms with Crippen LogP contribution >= 0.6 is 0 Å². The molecule has 0 saturated carbocycles. The second kappa shape index (κ2) is 8.53. The zero-order chi connectivity index (χ0) is 22.8. The summed E-state index contributed by atoms with van der Waals surface area (Å²) in [5.74, 6) is -1.50. The first-order valence-corrected chi connectivity index (χ1v) is 12.0. The van der Waals surface area contributed by atoms with Crippen molar-refractivity contribution < 1.29 is 25.6 Å². The van der Waals surface area contributed by atoms with Crippen molar-refractivity contribution in [1.82, 2.24) is 9.97 Å². The molecule has 13 heteroatoms. The van der Waals surface area contributed by atoms with Gasteiger partial charge in [-0.05, 0) is 35.9 Å². The van der Waals surface area contributed by atoms with Crippen LogP contribution in [0, 0.1) is 11.6 Å². The van der Waals surface area contributed by atoms with Crippen LogP contribution in [0.2, 0.25) is 0 Å². The van der Waals surface area contributed by atoms with Crippen LogP contribution in [-0.2, 0) is 26.4 Å². The molecule has 0 aliphatic rings. The van der Waals surface area contributed by atoms with Crippen LogP contribution in [0.1, 0.15) is 5.56 Å². The molecule has 3 aromatic rings. The highest BCUT2D eigenvalue weighted by molar-refractivity contribution is 7.90. The molecule has 164 valence electrons. The van der Waals surface area contributed by atoms with Crippen molar-refractivity contribution in [3.8, 4) is 0 Å². The van der Waals surface area contributed by atoms with Gasteiger partial charge in [0.15, 0.2) is 21.5 Å². The fourth-order valence-corrected chi connectivity index (χ4v) is 4.15. The molecule has 0 spiro atoms. The molecule has 1 heterocycles. The van der Waals surface area contributed by atoms with Gasteiger partial charge >= 0.3 is 0 Å². The minimum absolute atomic E-state index is 0.0680. The van der Waals surface area contributed by atoms with Crippen molar-refractivity contribution in [2.24, 2.45) is 5.14 Å². The molecule has 3 rings (SSSR count). The molecule has 0 fully saturated rings. The first kappa shape index (κ1) is 22.5. The van der Waals surface area contributed by atoms with Gasteiger partial charge in [0.1, 0.15) is 18.0 Å². The highest BCUT2D eigenvalue weighted by Crippen LogP contribution is 2.22.